The molecule has 4 aliphatic heterocycles. The molecule has 0 aromatic heterocycles. The number of hydrogen-bond donors (Lipinski definition) is 0. The molecule has 6 aromatic carbocycles. The molecule has 0 aliphatic carbocycles. The molecule has 0 saturated carbocycles. The lowest BCUT2D eigenvalue weighted by Crippen LogP contribution is -2.75. The van der Waals surface area contributed by atoms with E-state index < -0.39 is 109 Å². The van der Waals surface area contributed by atoms with Crippen LogP contribution in [0.5, 0.6) is 0 Å². The van der Waals surface area contributed by atoms with E-state index in [0.717, 1.165) is 9.80 Å². The Morgan fingerprint density at radius 2 is 0.581 bits per heavy atom. The van der Waals surface area contributed by atoms with Gasteiger partial charge in [-0.25, -0.2) is 19.2 Å². The molecule has 6 aromatic rings. The number of carbonyl (C=O) groups excluding carboxylic acids is 8. The van der Waals surface area contributed by atoms with E-state index >= 15 is 0 Å². The fraction of sp³-hybridized carbons (Fsp3) is 0.214. The van der Waals surface area contributed by atoms with Crippen molar-refractivity contribution < 1.29 is 76.3 Å². The van der Waals surface area contributed by atoms with Crippen molar-refractivity contribution in [2.75, 3.05) is 14.2 Å². The zero-order valence-corrected chi connectivity index (χ0v) is 39.4. The molecule has 18 heteroatoms. The minimum Gasteiger partial charge on any atom is -0.452 e. The number of benzene rings is 6. The third-order valence-corrected chi connectivity index (χ3v) is 13.2. The fourth-order valence-electron chi connectivity index (χ4n) is 9.75. The van der Waals surface area contributed by atoms with E-state index in [4.69, 9.17) is 37.9 Å². The maximum Gasteiger partial charge on any atom is 0.338 e. The second kappa shape index (κ2) is 20.8. The van der Waals surface area contributed by atoms with Gasteiger partial charge in [0, 0.05) is 14.2 Å². The predicted octanol–water partition coefficient (Wildman–Crippen LogP) is 5.96. The highest BCUT2D eigenvalue weighted by atomic mass is 16.7. The standard InChI is InChI=1S/C56H44N2O16/c1-67-55-45(71-53(65)33-23-11-5-12-24-33)43(69-51(63)31-19-7-3-8-20-31)39(57-47(59)35-27-15-16-28-36(35)48(57)60)41(73-55)42-40(58-49(61)37-29-17-18-30-38(37)50(58)62)44(70-52(64)32-21-9-4-10-22-32)46(56(68-2)74-42)72-54(66)34-25-13-6-14-26-34/h3-30,39-46,55-56H,1-2H3/t39-,40-,41+,42+,43+,44+,45-,46-,55-,56-/m1/s1. The molecule has 0 spiro atoms. The van der Waals surface area contributed by atoms with E-state index in [1.807, 2.05) is 0 Å². The topological polar surface area (TPSA) is 217 Å². The summed E-state index contributed by atoms with van der Waals surface area (Å²) in [5.74, 6) is -7.55. The van der Waals surface area contributed by atoms with Crippen LogP contribution in [0.4, 0.5) is 0 Å². The third-order valence-electron chi connectivity index (χ3n) is 13.2. The molecule has 10 atom stereocenters. The Balaban J connectivity index is 1.19. The van der Waals surface area contributed by atoms with Crippen LogP contribution < -0.4 is 0 Å². The first kappa shape index (κ1) is 48.9. The average molecular weight is 1000 g/mol. The van der Waals surface area contributed by atoms with E-state index in [9.17, 15) is 38.4 Å². The molecular formula is C56H44N2O16. The molecule has 0 unspecified atom stereocenters. The zero-order chi connectivity index (χ0) is 51.6. The molecule has 4 heterocycles. The summed E-state index contributed by atoms with van der Waals surface area (Å²) in [6.45, 7) is 0. The van der Waals surface area contributed by atoms with Crippen LogP contribution in [0.25, 0.3) is 0 Å². The maximum absolute atomic E-state index is 15.0. The van der Waals surface area contributed by atoms with Gasteiger partial charge in [0.25, 0.3) is 23.6 Å². The van der Waals surface area contributed by atoms with Gasteiger partial charge in [0.1, 0.15) is 24.3 Å². The van der Waals surface area contributed by atoms with Crippen LogP contribution in [0.3, 0.4) is 0 Å². The Morgan fingerprint density at radius 3 is 0.824 bits per heavy atom. The van der Waals surface area contributed by atoms with Gasteiger partial charge >= 0.3 is 23.9 Å². The number of hydrogen-bond acceptors (Lipinski definition) is 16. The second-order valence-electron chi connectivity index (χ2n) is 17.4. The van der Waals surface area contributed by atoms with Gasteiger partial charge in [-0.1, -0.05) is 97.1 Å². The molecule has 2 fully saturated rings. The van der Waals surface area contributed by atoms with E-state index in [1.54, 1.807) is 72.8 Å². The maximum atomic E-state index is 15.0. The molecule has 0 N–H and O–H groups in total. The highest BCUT2D eigenvalue weighted by Crippen LogP contribution is 2.43. The van der Waals surface area contributed by atoms with Crippen LogP contribution >= 0.6 is 0 Å². The molecule has 0 radical (unpaired) electrons. The van der Waals surface area contributed by atoms with E-state index in [1.165, 1.54) is 111 Å². The Bertz CT molecular complexity index is 2860. The van der Waals surface area contributed by atoms with Gasteiger partial charge in [0.15, 0.2) is 37.0 Å². The van der Waals surface area contributed by atoms with E-state index in [-0.39, 0.29) is 44.5 Å². The number of ether oxygens (including phenoxy) is 8. The Kier molecular flexibility index (Phi) is 13.8. The summed E-state index contributed by atoms with van der Waals surface area (Å²) in [5, 5.41) is 0. The molecule has 374 valence electrons. The molecule has 10 rings (SSSR count). The van der Waals surface area contributed by atoms with Crippen molar-refractivity contribution in [3.8, 4) is 0 Å². The monoisotopic (exact) mass is 1000 g/mol. The number of rotatable bonds is 13. The lowest BCUT2D eigenvalue weighted by atomic mass is 9.83. The van der Waals surface area contributed by atoms with Crippen molar-refractivity contribution in [2.24, 2.45) is 0 Å². The normalized spacial score (nSPS) is 25.2. The molecule has 18 nitrogen and oxygen atoms in total. The summed E-state index contributed by atoms with van der Waals surface area (Å²) in [5.41, 5.74) is -0.120. The van der Waals surface area contributed by atoms with Gasteiger partial charge in [-0.15, -0.1) is 0 Å². The van der Waals surface area contributed by atoms with Gasteiger partial charge in [-0.05, 0) is 72.8 Å². The number of methoxy groups -OCH3 is 2. The Morgan fingerprint density at radius 1 is 0.351 bits per heavy atom. The van der Waals surface area contributed by atoms with Crippen molar-refractivity contribution in [1.29, 1.82) is 0 Å². The van der Waals surface area contributed by atoms with Crippen molar-refractivity contribution in [1.82, 2.24) is 9.80 Å². The van der Waals surface area contributed by atoms with Crippen LogP contribution in [0, 0.1) is 0 Å². The van der Waals surface area contributed by atoms with Crippen LogP contribution in [0.15, 0.2) is 170 Å². The highest BCUT2D eigenvalue weighted by Gasteiger charge is 2.65. The number of nitrogens with zero attached hydrogens (tertiary/aromatic N) is 2. The molecule has 0 bridgehead atoms. The quantitative estimate of drug-likeness (QED) is 0.0741. The van der Waals surface area contributed by atoms with Gasteiger partial charge in [-0.2, -0.15) is 0 Å². The first-order valence-electron chi connectivity index (χ1n) is 23.3. The first-order chi connectivity index (χ1) is 36.0. The van der Waals surface area contributed by atoms with Crippen LogP contribution in [-0.4, -0.2) is 133 Å². The van der Waals surface area contributed by atoms with Crippen LogP contribution in [-0.2, 0) is 37.9 Å². The molecule has 4 aliphatic rings. The molecule has 4 amide bonds. The van der Waals surface area contributed by atoms with Crippen molar-refractivity contribution in [3.63, 3.8) is 0 Å². The highest BCUT2D eigenvalue weighted by molar-refractivity contribution is 6.22. The van der Waals surface area contributed by atoms with Crippen molar-refractivity contribution >= 4 is 47.5 Å². The smallest absolute Gasteiger partial charge is 0.338 e. The van der Waals surface area contributed by atoms with Gasteiger partial charge in [0.05, 0.1) is 44.5 Å². The lowest BCUT2D eigenvalue weighted by molar-refractivity contribution is -0.332. The molecular weight excluding hydrogens is 957 g/mol. The number of carbonyl (C=O) groups is 8. The van der Waals surface area contributed by atoms with Crippen molar-refractivity contribution in [2.45, 2.75) is 61.3 Å². The van der Waals surface area contributed by atoms with Crippen molar-refractivity contribution in [3.05, 3.63) is 214 Å². The van der Waals surface area contributed by atoms with Crippen LogP contribution in [0.1, 0.15) is 82.9 Å². The number of esters is 4. The summed E-state index contributed by atoms with van der Waals surface area (Å²) in [4.78, 5) is 119. The van der Waals surface area contributed by atoms with Gasteiger partial charge < -0.3 is 37.9 Å². The third kappa shape index (κ3) is 9.00. The lowest BCUT2D eigenvalue weighted by Gasteiger charge is -2.54. The number of amides is 4. The van der Waals surface area contributed by atoms with Gasteiger partial charge in [0.2, 0.25) is 0 Å². The Hall–Kier alpha value is -8.68. The van der Waals surface area contributed by atoms with Crippen LogP contribution in [0.2, 0.25) is 0 Å². The minimum atomic E-state index is -1.93. The summed E-state index contributed by atoms with van der Waals surface area (Å²) < 4.78 is 50.5. The van der Waals surface area contributed by atoms with E-state index in [0.29, 0.717) is 0 Å². The number of imide groups is 2. The van der Waals surface area contributed by atoms with Gasteiger partial charge in [-0.3, -0.25) is 29.0 Å². The summed E-state index contributed by atoms with van der Waals surface area (Å²) in [6.07, 6.45) is -14.8. The summed E-state index contributed by atoms with van der Waals surface area (Å²) in [6, 6.07) is 38.9. The largest absolute Gasteiger partial charge is 0.452 e. The number of fused-ring (bicyclic) bond motifs is 2. The summed E-state index contributed by atoms with van der Waals surface area (Å²) in [7, 11) is 2.38. The first-order valence-corrected chi connectivity index (χ1v) is 23.3. The fourth-order valence-corrected chi connectivity index (χ4v) is 9.75. The summed E-state index contributed by atoms with van der Waals surface area (Å²) >= 11 is 0. The second-order valence-corrected chi connectivity index (χ2v) is 17.4. The molecule has 74 heavy (non-hydrogen) atoms. The molecule has 2 saturated heterocycles. The zero-order valence-electron chi connectivity index (χ0n) is 39.4. The predicted molar refractivity (Wildman–Crippen MR) is 255 cm³/mol. The Labute approximate surface area is 422 Å². The average Bonchev–Trinajstić information content (AvgIpc) is 3.88. The minimum absolute atomic E-state index is 0.00647. The van der Waals surface area contributed by atoms with E-state index in [2.05, 4.69) is 0 Å². The SMILES string of the molecule is CO[C@@H]1O[C@H]([C@H]2O[C@@H](OC)[C@H](OC(=O)c3ccccc3)[C@@H](OC(=O)c3ccccc3)[C@@H]2N2C(=O)c3ccccc3C2=O)[C@@H](N2C(=O)c3ccccc3C2=O)[C@H](OC(=O)c2ccccc2)[C@H]1OC(=O)c1ccccc1.